The van der Waals surface area contributed by atoms with E-state index in [9.17, 15) is 0 Å². The second kappa shape index (κ2) is 3.41. The lowest BCUT2D eigenvalue weighted by molar-refractivity contribution is 0.414. The summed E-state index contributed by atoms with van der Waals surface area (Å²) in [6, 6.07) is 0. The maximum atomic E-state index is 5.09. The van der Waals surface area contributed by atoms with Crippen LogP contribution in [0, 0.1) is 0 Å². The Morgan fingerprint density at radius 2 is 2.31 bits per heavy atom. The molecule has 2 aromatic rings. The predicted molar refractivity (Wildman–Crippen MR) is 59.7 cm³/mol. The number of methoxy groups -OCH3 is 1. The molecule has 6 heteroatoms. The maximum Gasteiger partial charge on any atom is 0.157 e. The summed E-state index contributed by atoms with van der Waals surface area (Å²) < 4.78 is 8.62. The molecule has 1 aliphatic rings. The van der Waals surface area contributed by atoms with Gasteiger partial charge in [0, 0.05) is 12.7 Å². The first kappa shape index (κ1) is 9.02. The highest BCUT2D eigenvalue weighted by atomic mass is 16.5. The van der Waals surface area contributed by atoms with Gasteiger partial charge in [-0.3, -0.25) is 0 Å². The third kappa shape index (κ3) is 1.27. The summed E-state index contributed by atoms with van der Waals surface area (Å²) in [5, 5.41) is 11.7. The quantitative estimate of drug-likeness (QED) is 0.814. The van der Waals surface area contributed by atoms with E-state index in [-0.39, 0.29) is 0 Å². The fourth-order valence-corrected chi connectivity index (χ4v) is 1.66. The van der Waals surface area contributed by atoms with Gasteiger partial charge in [-0.1, -0.05) is 0 Å². The number of fused-ring (bicyclic) bond motifs is 1. The molecule has 3 heterocycles. The first-order valence-electron chi connectivity index (χ1n) is 4.95. The van der Waals surface area contributed by atoms with Crippen LogP contribution in [0.2, 0.25) is 0 Å². The second-order valence-corrected chi connectivity index (χ2v) is 3.41. The highest BCUT2D eigenvalue weighted by molar-refractivity contribution is 5.61. The van der Waals surface area contributed by atoms with Crippen LogP contribution in [0.25, 0.3) is 11.9 Å². The number of nitrogens with zero attached hydrogens (tertiary/aromatic N) is 4. The molecule has 3 rings (SSSR count). The van der Waals surface area contributed by atoms with Gasteiger partial charge in [-0.25, -0.2) is 9.36 Å². The number of hydrogen-bond donors (Lipinski definition) is 1. The lowest BCUT2D eigenvalue weighted by atomic mass is 10.4. The van der Waals surface area contributed by atoms with E-state index in [2.05, 4.69) is 15.5 Å². The monoisotopic (exact) mass is 217 g/mol. The van der Waals surface area contributed by atoms with Crippen LogP contribution in [0.1, 0.15) is 0 Å². The van der Waals surface area contributed by atoms with Crippen LogP contribution in [0.3, 0.4) is 0 Å². The number of anilines is 1. The molecule has 0 saturated heterocycles. The van der Waals surface area contributed by atoms with Crippen LogP contribution in [0.5, 0.6) is 5.75 Å². The zero-order chi connectivity index (χ0) is 11.0. The van der Waals surface area contributed by atoms with Crippen molar-refractivity contribution in [1.29, 1.82) is 0 Å². The van der Waals surface area contributed by atoms with Gasteiger partial charge in [0.1, 0.15) is 5.69 Å². The van der Waals surface area contributed by atoms with Crippen molar-refractivity contribution in [3.63, 3.8) is 0 Å². The van der Waals surface area contributed by atoms with Crippen molar-refractivity contribution in [3.05, 3.63) is 24.7 Å². The topological polar surface area (TPSA) is 56.9 Å². The van der Waals surface area contributed by atoms with E-state index >= 15 is 0 Å². The van der Waals surface area contributed by atoms with Crippen LogP contribution in [0.15, 0.2) is 24.7 Å². The molecular weight excluding hydrogens is 206 g/mol. The molecule has 0 unspecified atom stereocenters. The van der Waals surface area contributed by atoms with Gasteiger partial charge < -0.3 is 10.1 Å². The Kier molecular flexibility index (Phi) is 1.92. The van der Waals surface area contributed by atoms with Crippen molar-refractivity contribution in [3.8, 4) is 11.4 Å². The van der Waals surface area contributed by atoms with Crippen molar-refractivity contribution in [2.75, 3.05) is 19.0 Å². The minimum absolute atomic E-state index is 0.728. The standard InChI is InChI=1S/C10H11N5O/c1-16-8-5-12-15(7-8)9-6-13-14-4-2-3-11-10(9)14/h2,4-7,11H,3H2,1H3. The van der Waals surface area contributed by atoms with Gasteiger partial charge >= 0.3 is 0 Å². The third-order valence-corrected chi connectivity index (χ3v) is 2.45. The van der Waals surface area contributed by atoms with Gasteiger partial charge in [0.15, 0.2) is 11.6 Å². The van der Waals surface area contributed by atoms with Gasteiger partial charge in [0.05, 0.1) is 25.7 Å². The maximum absolute atomic E-state index is 5.09. The Balaban J connectivity index is 2.06. The molecule has 82 valence electrons. The van der Waals surface area contributed by atoms with Gasteiger partial charge in [-0.05, 0) is 6.08 Å². The van der Waals surface area contributed by atoms with Crippen LogP contribution in [0.4, 0.5) is 5.82 Å². The zero-order valence-corrected chi connectivity index (χ0v) is 8.79. The summed E-state index contributed by atoms with van der Waals surface area (Å²) in [6.07, 6.45) is 9.19. The van der Waals surface area contributed by atoms with Crippen LogP contribution >= 0.6 is 0 Å². The zero-order valence-electron chi connectivity index (χ0n) is 8.79. The lowest BCUT2D eigenvalue weighted by Gasteiger charge is -2.11. The molecular formula is C10H11N5O. The van der Waals surface area contributed by atoms with Gasteiger partial charge in [-0.15, -0.1) is 0 Å². The summed E-state index contributed by atoms with van der Waals surface area (Å²) in [7, 11) is 1.62. The van der Waals surface area contributed by atoms with Gasteiger partial charge in [-0.2, -0.15) is 10.2 Å². The van der Waals surface area contributed by atoms with E-state index in [1.54, 1.807) is 28.9 Å². The average molecular weight is 217 g/mol. The second-order valence-electron chi connectivity index (χ2n) is 3.41. The van der Waals surface area contributed by atoms with E-state index in [1.807, 2.05) is 18.5 Å². The minimum atomic E-state index is 0.728. The van der Waals surface area contributed by atoms with Crippen molar-refractivity contribution in [1.82, 2.24) is 19.6 Å². The predicted octanol–water partition coefficient (Wildman–Crippen LogP) is 0.974. The minimum Gasteiger partial charge on any atom is -0.493 e. The lowest BCUT2D eigenvalue weighted by Crippen LogP contribution is -2.11. The molecule has 0 atom stereocenters. The van der Waals surface area contributed by atoms with E-state index in [0.717, 1.165) is 23.8 Å². The van der Waals surface area contributed by atoms with Crippen LogP contribution in [-0.4, -0.2) is 33.2 Å². The molecule has 0 saturated carbocycles. The molecule has 0 aliphatic carbocycles. The average Bonchev–Trinajstić information content (AvgIpc) is 2.94. The molecule has 6 nitrogen and oxygen atoms in total. The summed E-state index contributed by atoms with van der Waals surface area (Å²) in [4.78, 5) is 0. The molecule has 0 spiro atoms. The first-order chi connectivity index (χ1) is 7.88. The number of aromatic nitrogens is 4. The normalized spacial score (nSPS) is 13.3. The fourth-order valence-electron chi connectivity index (χ4n) is 1.66. The molecule has 0 fully saturated rings. The van der Waals surface area contributed by atoms with Crippen LogP contribution < -0.4 is 10.1 Å². The Hall–Kier alpha value is -2.24. The third-order valence-electron chi connectivity index (χ3n) is 2.45. The molecule has 0 amide bonds. The number of nitrogens with one attached hydrogen (secondary N) is 1. The molecule has 16 heavy (non-hydrogen) atoms. The van der Waals surface area contributed by atoms with Crippen molar-refractivity contribution in [2.45, 2.75) is 0 Å². The van der Waals surface area contributed by atoms with Crippen molar-refractivity contribution >= 4 is 12.0 Å². The molecule has 0 radical (unpaired) electrons. The fraction of sp³-hybridized carbons (Fsp3) is 0.200. The molecule has 2 aromatic heterocycles. The van der Waals surface area contributed by atoms with Crippen molar-refractivity contribution in [2.24, 2.45) is 0 Å². The van der Waals surface area contributed by atoms with Gasteiger partial charge in [0.2, 0.25) is 0 Å². The Morgan fingerprint density at radius 3 is 3.12 bits per heavy atom. The molecule has 0 aromatic carbocycles. The molecule has 1 N–H and O–H groups in total. The largest absolute Gasteiger partial charge is 0.493 e. The summed E-state index contributed by atoms with van der Waals surface area (Å²) in [6.45, 7) is 0.803. The van der Waals surface area contributed by atoms with E-state index in [4.69, 9.17) is 4.74 Å². The Morgan fingerprint density at radius 1 is 1.38 bits per heavy atom. The molecule has 1 aliphatic heterocycles. The summed E-state index contributed by atoms with van der Waals surface area (Å²) in [5.74, 6) is 1.67. The summed E-state index contributed by atoms with van der Waals surface area (Å²) >= 11 is 0. The highest BCUT2D eigenvalue weighted by Gasteiger charge is 2.13. The van der Waals surface area contributed by atoms with Crippen molar-refractivity contribution < 1.29 is 4.74 Å². The molecule has 0 bridgehead atoms. The Bertz CT molecular complexity index is 539. The van der Waals surface area contributed by atoms with Crippen LogP contribution in [-0.2, 0) is 0 Å². The summed E-state index contributed by atoms with van der Waals surface area (Å²) in [5.41, 5.74) is 0.910. The first-order valence-corrected chi connectivity index (χ1v) is 4.95. The van der Waals surface area contributed by atoms with E-state index in [0.29, 0.717) is 0 Å². The Labute approximate surface area is 92.1 Å². The number of hydrogen-bond acceptors (Lipinski definition) is 4. The van der Waals surface area contributed by atoms with E-state index < -0.39 is 0 Å². The smallest absolute Gasteiger partial charge is 0.157 e. The van der Waals surface area contributed by atoms with E-state index in [1.165, 1.54) is 0 Å². The highest BCUT2D eigenvalue weighted by Crippen LogP contribution is 2.23. The SMILES string of the molecule is COc1cnn(-c2cnn3c2NCC=C3)c1. The van der Waals surface area contributed by atoms with Gasteiger partial charge in [0.25, 0.3) is 0 Å². The number of ether oxygens (including phenoxy) is 1. The number of rotatable bonds is 2.